The number of anilines is 1. The highest BCUT2D eigenvalue weighted by atomic mass is 19.3. The van der Waals surface area contributed by atoms with E-state index in [1.165, 1.54) is 24.3 Å². The number of rotatable bonds is 5. The van der Waals surface area contributed by atoms with E-state index in [1.807, 2.05) is 0 Å². The number of H-pyrrole nitrogens is 1. The number of urea groups is 1. The molecule has 1 aliphatic rings. The van der Waals surface area contributed by atoms with Crippen LogP contribution in [-0.4, -0.2) is 46.4 Å². The molecule has 0 spiro atoms. The number of hydrogen-bond donors (Lipinski definition) is 3. The molecule has 1 atom stereocenters. The van der Waals surface area contributed by atoms with Gasteiger partial charge in [0.2, 0.25) is 0 Å². The summed E-state index contributed by atoms with van der Waals surface area (Å²) in [5.74, 6) is -1.01. The molecule has 2 aromatic carbocycles. The number of likely N-dealkylation sites (tertiary alicyclic amines) is 1. The van der Waals surface area contributed by atoms with Gasteiger partial charge in [0.1, 0.15) is 5.82 Å². The molecule has 1 saturated heterocycles. The Kier molecular flexibility index (Phi) is 6.29. The van der Waals surface area contributed by atoms with E-state index < -0.39 is 24.1 Å². The zero-order valence-electron chi connectivity index (χ0n) is 17.1. The molecule has 32 heavy (non-hydrogen) atoms. The van der Waals surface area contributed by atoms with Crippen molar-refractivity contribution in [2.75, 3.05) is 25.0 Å². The average Bonchev–Trinajstić information content (AvgIpc) is 3.21. The summed E-state index contributed by atoms with van der Waals surface area (Å²) in [7, 11) is 0. The minimum Gasteiger partial charge on any atom is -0.338 e. The molecule has 1 unspecified atom stereocenters. The van der Waals surface area contributed by atoms with Crippen molar-refractivity contribution in [1.29, 1.82) is 0 Å². The predicted octanol–water partition coefficient (Wildman–Crippen LogP) is 4.31. The van der Waals surface area contributed by atoms with Crippen molar-refractivity contribution in [2.24, 2.45) is 5.92 Å². The Bertz CT molecular complexity index is 1130. The number of halogens is 3. The number of fused-ring (bicyclic) bond motifs is 1. The van der Waals surface area contributed by atoms with Crippen LogP contribution in [0.4, 0.5) is 23.7 Å². The van der Waals surface area contributed by atoms with Crippen molar-refractivity contribution in [3.63, 3.8) is 0 Å². The Morgan fingerprint density at radius 1 is 1.22 bits per heavy atom. The van der Waals surface area contributed by atoms with Gasteiger partial charge in [0.25, 0.3) is 12.3 Å². The smallest absolute Gasteiger partial charge is 0.319 e. The van der Waals surface area contributed by atoms with Gasteiger partial charge >= 0.3 is 6.03 Å². The predicted molar refractivity (Wildman–Crippen MR) is 113 cm³/mol. The van der Waals surface area contributed by atoms with E-state index in [4.69, 9.17) is 0 Å². The number of alkyl halides is 2. The van der Waals surface area contributed by atoms with E-state index >= 15 is 0 Å². The monoisotopic (exact) mass is 445 g/mol. The minimum absolute atomic E-state index is 0.0623. The molecule has 3 aromatic rings. The van der Waals surface area contributed by atoms with E-state index in [-0.39, 0.29) is 11.8 Å². The number of nitrogens with zero attached hydrogens (tertiary/aromatic N) is 2. The van der Waals surface area contributed by atoms with Gasteiger partial charge in [0.05, 0.1) is 11.0 Å². The van der Waals surface area contributed by atoms with E-state index in [2.05, 4.69) is 20.6 Å². The number of aromatic nitrogens is 2. The van der Waals surface area contributed by atoms with E-state index in [0.717, 1.165) is 12.8 Å². The molecule has 168 valence electrons. The van der Waals surface area contributed by atoms with Gasteiger partial charge in [-0.3, -0.25) is 4.79 Å². The van der Waals surface area contributed by atoms with Gasteiger partial charge in [-0.25, -0.2) is 22.9 Å². The number of carbonyl (C=O) groups is 2. The molecule has 0 bridgehead atoms. The summed E-state index contributed by atoms with van der Waals surface area (Å²) in [6.45, 7) is 1.40. The van der Waals surface area contributed by atoms with Gasteiger partial charge in [0, 0.05) is 30.9 Å². The average molecular weight is 445 g/mol. The van der Waals surface area contributed by atoms with Gasteiger partial charge in [-0.2, -0.15) is 0 Å². The lowest BCUT2D eigenvalue weighted by Gasteiger charge is -2.33. The van der Waals surface area contributed by atoms with Gasteiger partial charge in [0.15, 0.2) is 5.82 Å². The second-order valence-electron chi connectivity index (χ2n) is 7.76. The third kappa shape index (κ3) is 5.01. The first-order valence-electron chi connectivity index (χ1n) is 10.3. The summed E-state index contributed by atoms with van der Waals surface area (Å²) in [5.41, 5.74) is 1.50. The molecule has 0 saturated carbocycles. The van der Waals surface area contributed by atoms with E-state index in [9.17, 15) is 22.8 Å². The van der Waals surface area contributed by atoms with Gasteiger partial charge in [-0.05, 0) is 55.2 Å². The van der Waals surface area contributed by atoms with Crippen molar-refractivity contribution in [3.8, 4) is 0 Å². The third-order valence-electron chi connectivity index (χ3n) is 5.39. The summed E-state index contributed by atoms with van der Waals surface area (Å²) >= 11 is 0. The first-order valence-corrected chi connectivity index (χ1v) is 10.3. The largest absolute Gasteiger partial charge is 0.338 e. The maximum atomic E-state index is 13.2. The molecule has 4 rings (SSSR count). The fourth-order valence-corrected chi connectivity index (χ4v) is 3.84. The maximum absolute atomic E-state index is 13.2. The molecule has 7 nitrogen and oxygen atoms in total. The quantitative estimate of drug-likeness (QED) is 0.547. The number of aromatic amines is 1. The number of nitrogens with one attached hydrogen (secondary N) is 3. The number of carbonyl (C=O) groups excluding carboxylic acids is 2. The summed E-state index contributed by atoms with van der Waals surface area (Å²) in [5, 5.41) is 5.34. The molecule has 10 heteroatoms. The van der Waals surface area contributed by atoms with Crippen molar-refractivity contribution in [3.05, 3.63) is 59.7 Å². The third-order valence-corrected chi connectivity index (χ3v) is 5.39. The van der Waals surface area contributed by atoms with Crippen LogP contribution in [0.15, 0.2) is 42.5 Å². The first-order chi connectivity index (χ1) is 15.4. The second-order valence-corrected chi connectivity index (χ2v) is 7.76. The number of benzene rings is 2. The minimum atomic E-state index is -2.71. The molecule has 0 radical (unpaired) electrons. The molecule has 0 aliphatic carbocycles. The van der Waals surface area contributed by atoms with Crippen molar-refractivity contribution >= 4 is 28.7 Å². The van der Waals surface area contributed by atoms with Crippen LogP contribution in [0.1, 0.15) is 35.4 Å². The molecule has 1 fully saturated rings. The number of imidazole rings is 1. The van der Waals surface area contributed by atoms with Crippen LogP contribution >= 0.6 is 0 Å². The summed E-state index contributed by atoms with van der Waals surface area (Å²) in [6, 6.07) is 9.82. The number of piperidine rings is 1. The van der Waals surface area contributed by atoms with Crippen molar-refractivity contribution in [2.45, 2.75) is 19.3 Å². The van der Waals surface area contributed by atoms with E-state index in [0.29, 0.717) is 41.9 Å². The van der Waals surface area contributed by atoms with Crippen LogP contribution < -0.4 is 10.6 Å². The Hall–Kier alpha value is -3.56. The standard InChI is InChI=1S/C22H22F3N5O2/c23-15-4-1-5-16(10-15)27-22(32)26-11-13-3-2-8-30(12-13)21(31)14-6-7-17-18(9-14)29-20(28-17)19(24)25/h1,4-7,9-10,13,19H,2-3,8,11-12H2,(H,28,29)(H2,26,27,32). The van der Waals surface area contributed by atoms with Gasteiger partial charge in [-0.1, -0.05) is 6.07 Å². The van der Waals surface area contributed by atoms with Crippen LogP contribution in [-0.2, 0) is 0 Å². The molecular formula is C22H22F3N5O2. The Balaban J connectivity index is 1.34. The molecule has 1 aliphatic heterocycles. The van der Waals surface area contributed by atoms with E-state index in [1.54, 1.807) is 23.1 Å². The molecule has 2 heterocycles. The van der Waals surface area contributed by atoms with Gasteiger partial charge in [-0.15, -0.1) is 0 Å². The highest BCUT2D eigenvalue weighted by Crippen LogP contribution is 2.23. The SMILES string of the molecule is O=C(NCC1CCCN(C(=O)c2ccc3nc(C(F)F)[nH]c3c2)C1)Nc1cccc(F)c1. The fraction of sp³-hybridized carbons (Fsp3) is 0.318. The second kappa shape index (κ2) is 9.29. The zero-order chi connectivity index (χ0) is 22.7. The normalized spacial score (nSPS) is 16.4. The summed E-state index contributed by atoms with van der Waals surface area (Å²) in [4.78, 5) is 33.1. The lowest BCUT2D eigenvalue weighted by molar-refractivity contribution is 0.0675. The summed E-state index contributed by atoms with van der Waals surface area (Å²) in [6.07, 6.45) is -1.08. The van der Waals surface area contributed by atoms with Crippen LogP contribution in [0.5, 0.6) is 0 Å². The zero-order valence-corrected chi connectivity index (χ0v) is 17.1. The first kappa shape index (κ1) is 21.7. The fourth-order valence-electron chi connectivity index (χ4n) is 3.84. The van der Waals surface area contributed by atoms with Crippen LogP contribution in [0.25, 0.3) is 11.0 Å². The van der Waals surface area contributed by atoms with Crippen molar-refractivity contribution < 1.29 is 22.8 Å². The molecule has 3 amide bonds. The van der Waals surface area contributed by atoms with Crippen LogP contribution in [0.3, 0.4) is 0 Å². The van der Waals surface area contributed by atoms with Crippen LogP contribution in [0.2, 0.25) is 0 Å². The molecule has 1 aromatic heterocycles. The topological polar surface area (TPSA) is 90.1 Å². The van der Waals surface area contributed by atoms with Crippen LogP contribution in [0, 0.1) is 11.7 Å². The molecule has 3 N–H and O–H groups in total. The Morgan fingerprint density at radius 3 is 2.84 bits per heavy atom. The summed E-state index contributed by atoms with van der Waals surface area (Å²) < 4.78 is 38.9. The highest BCUT2D eigenvalue weighted by Gasteiger charge is 2.25. The highest BCUT2D eigenvalue weighted by molar-refractivity contribution is 5.97. The number of hydrogen-bond acceptors (Lipinski definition) is 3. The Labute approximate surface area is 182 Å². The lowest BCUT2D eigenvalue weighted by Crippen LogP contribution is -2.44. The van der Waals surface area contributed by atoms with Crippen molar-refractivity contribution in [1.82, 2.24) is 20.2 Å². The number of amides is 3. The van der Waals surface area contributed by atoms with Gasteiger partial charge < -0.3 is 20.5 Å². The molecular weight excluding hydrogens is 423 g/mol. The maximum Gasteiger partial charge on any atom is 0.319 e. The lowest BCUT2D eigenvalue weighted by atomic mass is 9.97. The Morgan fingerprint density at radius 2 is 2.06 bits per heavy atom.